The van der Waals surface area contributed by atoms with Gasteiger partial charge < -0.3 is 10.4 Å². The third-order valence-electron chi connectivity index (χ3n) is 3.88. The van der Waals surface area contributed by atoms with Crippen LogP contribution in [0.2, 0.25) is 0 Å². The lowest BCUT2D eigenvalue weighted by atomic mass is 9.69. The molecule has 0 amide bonds. The molecule has 0 bridgehead atoms. The average Bonchev–Trinajstić information content (AvgIpc) is 2.26. The van der Waals surface area contributed by atoms with Gasteiger partial charge in [0.1, 0.15) is 0 Å². The van der Waals surface area contributed by atoms with E-state index in [9.17, 15) is 9.90 Å². The van der Waals surface area contributed by atoms with Crippen LogP contribution in [-0.2, 0) is 4.79 Å². The van der Waals surface area contributed by atoms with Crippen LogP contribution in [0.1, 0.15) is 32.1 Å². The Morgan fingerprint density at radius 2 is 1.86 bits per heavy atom. The van der Waals surface area contributed by atoms with Crippen molar-refractivity contribution in [3.63, 3.8) is 0 Å². The minimum Gasteiger partial charge on any atom is -0.481 e. The largest absolute Gasteiger partial charge is 0.481 e. The van der Waals surface area contributed by atoms with Crippen molar-refractivity contribution in [3.05, 3.63) is 0 Å². The Hall–Kier alpha value is -0.570. The van der Waals surface area contributed by atoms with E-state index in [4.69, 9.17) is 0 Å². The van der Waals surface area contributed by atoms with Crippen LogP contribution in [0.3, 0.4) is 0 Å². The first-order valence-corrected chi connectivity index (χ1v) is 5.72. The zero-order valence-electron chi connectivity index (χ0n) is 8.54. The van der Waals surface area contributed by atoms with Gasteiger partial charge in [-0.2, -0.15) is 0 Å². The molecule has 1 aliphatic heterocycles. The lowest BCUT2D eigenvalue weighted by molar-refractivity contribution is -0.145. The fourth-order valence-electron chi connectivity index (χ4n) is 2.81. The molecule has 0 aromatic heterocycles. The lowest BCUT2D eigenvalue weighted by Gasteiger charge is -2.36. The van der Waals surface area contributed by atoms with Crippen LogP contribution >= 0.6 is 0 Å². The van der Waals surface area contributed by atoms with Crippen LogP contribution in [0.4, 0.5) is 0 Å². The van der Waals surface area contributed by atoms with E-state index >= 15 is 0 Å². The van der Waals surface area contributed by atoms with Crippen molar-refractivity contribution in [1.29, 1.82) is 0 Å². The van der Waals surface area contributed by atoms with E-state index in [0.717, 1.165) is 25.9 Å². The fourth-order valence-corrected chi connectivity index (χ4v) is 2.81. The number of aliphatic carboxylic acids is 1. The maximum absolute atomic E-state index is 11.1. The van der Waals surface area contributed by atoms with Crippen molar-refractivity contribution in [2.45, 2.75) is 32.1 Å². The molecular formula is C11H19NO2. The second kappa shape index (κ2) is 4.30. The Bertz CT molecular complexity index is 213. The van der Waals surface area contributed by atoms with Crippen LogP contribution < -0.4 is 5.32 Å². The van der Waals surface area contributed by atoms with Gasteiger partial charge in [0.2, 0.25) is 0 Å². The van der Waals surface area contributed by atoms with Crippen molar-refractivity contribution in [2.24, 2.45) is 17.8 Å². The molecule has 14 heavy (non-hydrogen) atoms. The van der Waals surface area contributed by atoms with Crippen molar-refractivity contribution >= 4 is 5.97 Å². The first-order chi connectivity index (χ1) is 6.79. The van der Waals surface area contributed by atoms with Gasteiger partial charge in [-0.3, -0.25) is 4.79 Å². The molecule has 0 spiro atoms. The zero-order valence-corrected chi connectivity index (χ0v) is 8.54. The Balaban J connectivity index is 2.02. The number of rotatable bonds is 2. The molecule has 1 heterocycles. The number of hydrogen-bond donors (Lipinski definition) is 2. The fraction of sp³-hybridized carbons (Fsp3) is 0.909. The highest BCUT2D eigenvalue weighted by molar-refractivity contribution is 5.70. The Morgan fingerprint density at radius 3 is 2.43 bits per heavy atom. The second-order valence-corrected chi connectivity index (χ2v) is 4.63. The molecule has 2 aliphatic rings. The maximum Gasteiger partial charge on any atom is 0.306 e. The molecule has 2 rings (SSSR count). The molecule has 80 valence electrons. The van der Waals surface area contributed by atoms with E-state index in [1.54, 1.807) is 0 Å². The molecule has 0 radical (unpaired) electrons. The number of nitrogens with one attached hydrogen (secondary N) is 1. The summed E-state index contributed by atoms with van der Waals surface area (Å²) in [6.07, 6.45) is 5.70. The molecule has 0 aromatic carbocycles. The molecule has 0 aromatic rings. The number of carboxylic acids is 1. The van der Waals surface area contributed by atoms with Crippen LogP contribution in [0.15, 0.2) is 0 Å². The van der Waals surface area contributed by atoms with E-state index in [0.29, 0.717) is 11.8 Å². The molecule has 2 unspecified atom stereocenters. The molecule has 1 aliphatic carbocycles. The molecule has 1 saturated heterocycles. The molecular weight excluding hydrogens is 178 g/mol. The van der Waals surface area contributed by atoms with Crippen molar-refractivity contribution < 1.29 is 9.90 Å². The van der Waals surface area contributed by atoms with Gasteiger partial charge in [0.25, 0.3) is 0 Å². The summed E-state index contributed by atoms with van der Waals surface area (Å²) < 4.78 is 0. The third kappa shape index (κ3) is 1.92. The number of carbonyl (C=O) groups is 1. The molecule has 2 N–H and O–H groups in total. The molecule has 2 atom stereocenters. The van der Waals surface area contributed by atoms with Gasteiger partial charge >= 0.3 is 5.97 Å². The summed E-state index contributed by atoms with van der Waals surface area (Å²) in [7, 11) is 0. The smallest absolute Gasteiger partial charge is 0.306 e. The summed E-state index contributed by atoms with van der Waals surface area (Å²) in [6.45, 7) is 1.88. The molecule has 3 heteroatoms. The Kier molecular flexibility index (Phi) is 3.06. The SMILES string of the molecule is O=C(O)C1CCNCCC1C1CCC1. The zero-order chi connectivity index (χ0) is 9.97. The third-order valence-corrected chi connectivity index (χ3v) is 3.88. The summed E-state index contributed by atoms with van der Waals surface area (Å²) in [5.41, 5.74) is 0. The normalized spacial score (nSPS) is 34.6. The monoisotopic (exact) mass is 197 g/mol. The van der Waals surface area contributed by atoms with E-state index in [-0.39, 0.29) is 5.92 Å². The topological polar surface area (TPSA) is 49.3 Å². The summed E-state index contributed by atoms with van der Waals surface area (Å²) in [5, 5.41) is 12.5. The average molecular weight is 197 g/mol. The van der Waals surface area contributed by atoms with Gasteiger partial charge in [0.15, 0.2) is 0 Å². The predicted octanol–water partition coefficient (Wildman–Crippen LogP) is 1.49. The summed E-state index contributed by atoms with van der Waals surface area (Å²) in [4.78, 5) is 11.1. The standard InChI is InChI=1S/C11H19NO2/c13-11(14)10-5-7-12-6-4-9(10)8-2-1-3-8/h8-10,12H,1-7H2,(H,13,14). The van der Waals surface area contributed by atoms with Gasteiger partial charge in [-0.1, -0.05) is 19.3 Å². The van der Waals surface area contributed by atoms with Crippen LogP contribution in [-0.4, -0.2) is 24.2 Å². The summed E-state index contributed by atoms with van der Waals surface area (Å²) in [5.74, 6) is 0.480. The van der Waals surface area contributed by atoms with E-state index in [2.05, 4.69) is 5.32 Å². The minimum absolute atomic E-state index is 0.0877. The van der Waals surface area contributed by atoms with Crippen LogP contribution in [0, 0.1) is 17.8 Å². The summed E-state index contributed by atoms with van der Waals surface area (Å²) >= 11 is 0. The first-order valence-electron chi connectivity index (χ1n) is 5.72. The second-order valence-electron chi connectivity index (χ2n) is 4.63. The minimum atomic E-state index is -0.578. The Labute approximate surface area is 84.9 Å². The lowest BCUT2D eigenvalue weighted by Crippen LogP contribution is -2.32. The van der Waals surface area contributed by atoms with Crippen molar-refractivity contribution in [1.82, 2.24) is 5.32 Å². The highest BCUT2D eigenvalue weighted by Gasteiger charge is 2.37. The van der Waals surface area contributed by atoms with Gasteiger partial charge in [-0.15, -0.1) is 0 Å². The molecule has 1 saturated carbocycles. The van der Waals surface area contributed by atoms with Crippen LogP contribution in [0.5, 0.6) is 0 Å². The predicted molar refractivity (Wildman–Crippen MR) is 54.1 cm³/mol. The maximum atomic E-state index is 11.1. The summed E-state index contributed by atoms with van der Waals surface area (Å²) in [6, 6.07) is 0. The van der Waals surface area contributed by atoms with Gasteiger partial charge in [-0.25, -0.2) is 0 Å². The molecule has 3 nitrogen and oxygen atoms in total. The van der Waals surface area contributed by atoms with E-state index in [1.165, 1.54) is 19.3 Å². The van der Waals surface area contributed by atoms with Crippen molar-refractivity contribution in [2.75, 3.05) is 13.1 Å². The number of hydrogen-bond acceptors (Lipinski definition) is 2. The van der Waals surface area contributed by atoms with Gasteiger partial charge in [0.05, 0.1) is 5.92 Å². The van der Waals surface area contributed by atoms with Crippen molar-refractivity contribution in [3.8, 4) is 0 Å². The number of carboxylic acid groups (broad SMARTS) is 1. The highest BCUT2D eigenvalue weighted by Crippen LogP contribution is 2.40. The van der Waals surface area contributed by atoms with Gasteiger partial charge in [-0.05, 0) is 37.8 Å². The first kappa shape index (κ1) is 9.97. The van der Waals surface area contributed by atoms with Crippen LogP contribution in [0.25, 0.3) is 0 Å². The van der Waals surface area contributed by atoms with E-state index in [1.807, 2.05) is 0 Å². The van der Waals surface area contributed by atoms with Gasteiger partial charge in [0, 0.05) is 0 Å². The quantitative estimate of drug-likeness (QED) is 0.705. The highest BCUT2D eigenvalue weighted by atomic mass is 16.4. The van der Waals surface area contributed by atoms with E-state index < -0.39 is 5.97 Å². The Morgan fingerprint density at radius 1 is 1.14 bits per heavy atom. The molecule has 2 fully saturated rings.